The third-order valence-electron chi connectivity index (χ3n) is 2.78. The summed E-state index contributed by atoms with van der Waals surface area (Å²) in [5, 5.41) is 18.2. The van der Waals surface area contributed by atoms with E-state index in [1.54, 1.807) is 25.1 Å². The number of benzene rings is 1. The van der Waals surface area contributed by atoms with Crippen LogP contribution in [0.4, 0.5) is 0 Å². The van der Waals surface area contributed by atoms with E-state index in [2.05, 4.69) is 0 Å². The smallest absolute Gasteiger partial charge is 0.335 e. The van der Waals surface area contributed by atoms with Gasteiger partial charge in [-0.2, -0.15) is 0 Å². The number of carboxylic acids is 1. The Hall–Kier alpha value is -1.61. The maximum absolute atomic E-state index is 10.8. The molecule has 0 saturated heterocycles. The van der Waals surface area contributed by atoms with Crippen molar-refractivity contribution < 1.29 is 15.0 Å². The number of carbonyl (C=O) groups is 1. The molecule has 3 heteroatoms. The fourth-order valence-electron chi connectivity index (χ4n) is 1.39. The summed E-state index contributed by atoms with van der Waals surface area (Å²) in [6.45, 7) is 3.74. The van der Waals surface area contributed by atoms with Crippen molar-refractivity contribution in [1.29, 1.82) is 0 Å². The van der Waals surface area contributed by atoms with Gasteiger partial charge in [-0.05, 0) is 37.0 Å². The first-order valence-corrected chi connectivity index (χ1v) is 5.68. The molecule has 3 nitrogen and oxygen atoms in total. The Kier molecular flexibility index (Phi) is 4.91. The molecule has 0 saturated carbocycles. The fraction of sp³-hybridized carbons (Fsp3) is 0.357. The molecule has 2 unspecified atom stereocenters. The van der Waals surface area contributed by atoms with Crippen molar-refractivity contribution >= 4 is 12.0 Å². The lowest BCUT2D eigenvalue weighted by molar-refractivity contribution is 0.0697. The SMILES string of the molecule is CC(O)C(C)C/C=C/c1cccc(C(=O)O)c1. The standard InChI is InChI=1S/C14H18O3/c1-10(11(2)15)5-3-6-12-7-4-8-13(9-12)14(16)17/h3-4,6-11,15H,5H2,1-2H3,(H,16,17)/b6-3+. The van der Waals surface area contributed by atoms with Gasteiger partial charge in [0.05, 0.1) is 11.7 Å². The molecular formula is C14H18O3. The zero-order valence-electron chi connectivity index (χ0n) is 10.1. The maximum atomic E-state index is 10.8. The largest absolute Gasteiger partial charge is 0.478 e. The minimum Gasteiger partial charge on any atom is -0.478 e. The number of allylic oxidation sites excluding steroid dienone is 1. The summed E-state index contributed by atoms with van der Waals surface area (Å²) in [6.07, 6.45) is 4.28. The minimum atomic E-state index is -0.919. The van der Waals surface area contributed by atoms with E-state index in [0.717, 1.165) is 12.0 Å². The van der Waals surface area contributed by atoms with E-state index >= 15 is 0 Å². The predicted octanol–water partition coefficient (Wildman–Crippen LogP) is 2.81. The summed E-state index contributed by atoms with van der Waals surface area (Å²) in [5.41, 5.74) is 1.15. The quantitative estimate of drug-likeness (QED) is 0.823. The fourth-order valence-corrected chi connectivity index (χ4v) is 1.39. The number of rotatable bonds is 5. The Morgan fingerprint density at radius 2 is 2.12 bits per heavy atom. The van der Waals surface area contributed by atoms with Crippen molar-refractivity contribution in [2.24, 2.45) is 5.92 Å². The molecule has 1 aromatic rings. The topological polar surface area (TPSA) is 57.5 Å². The Balaban J connectivity index is 2.65. The van der Waals surface area contributed by atoms with Gasteiger partial charge in [0, 0.05) is 0 Å². The highest BCUT2D eigenvalue weighted by Gasteiger charge is 2.05. The second-order valence-corrected chi connectivity index (χ2v) is 4.29. The lowest BCUT2D eigenvalue weighted by Crippen LogP contribution is -2.11. The normalized spacial score (nSPS) is 14.8. The summed E-state index contributed by atoms with van der Waals surface area (Å²) >= 11 is 0. The monoisotopic (exact) mass is 234 g/mol. The molecular weight excluding hydrogens is 216 g/mol. The molecule has 0 aliphatic heterocycles. The molecule has 0 heterocycles. The molecule has 2 N–H and O–H groups in total. The van der Waals surface area contributed by atoms with Crippen LogP contribution in [0.3, 0.4) is 0 Å². The number of aromatic carboxylic acids is 1. The third kappa shape index (κ3) is 4.41. The highest BCUT2D eigenvalue weighted by Crippen LogP contribution is 2.12. The average molecular weight is 234 g/mol. The van der Waals surface area contributed by atoms with E-state index in [1.807, 2.05) is 25.1 Å². The lowest BCUT2D eigenvalue weighted by Gasteiger charge is -2.11. The Bertz CT molecular complexity index is 408. The highest BCUT2D eigenvalue weighted by atomic mass is 16.4. The van der Waals surface area contributed by atoms with Crippen molar-refractivity contribution in [1.82, 2.24) is 0 Å². The van der Waals surface area contributed by atoms with E-state index in [0.29, 0.717) is 0 Å². The third-order valence-corrected chi connectivity index (χ3v) is 2.78. The van der Waals surface area contributed by atoms with Crippen LogP contribution in [0.1, 0.15) is 36.2 Å². The predicted molar refractivity (Wildman–Crippen MR) is 67.9 cm³/mol. The Morgan fingerprint density at radius 1 is 1.41 bits per heavy atom. The van der Waals surface area contributed by atoms with Gasteiger partial charge in [0.25, 0.3) is 0 Å². The van der Waals surface area contributed by atoms with Crippen LogP contribution < -0.4 is 0 Å². The molecule has 1 aromatic carbocycles. The maximum Gasteiger partial charge on any atom is 0.335 e. The van der Waals surface area contributed by atoms with Crippen molar-refractivity contribution in [2.45, 2.75) is 26.4 Å². The van der Waals surface area contributed by atoms with Crippen molar-refractivity contribution in [3.8, 4) is 0 Å². The number of carboxylic acid groups (broad SMARTS) is 1. The Morgan fingerprint density at radius 3 is 2.71 bits per heavy atom. The van der Waals surface area contributed by atoms with E-state index in [-0.39, 0.29) is 17.6 Å². The van der Waals surface area contributed by atoms with Gasteiger partial charge in [-0.1, -0.05) is 31.2 Å². The second kappa shape index (κ2) is 6.21. The van der Waals surface area contributed by atoms with E-state index in [9.17, 15) is 9.90 Å². The lowest BCUT2D eigenvalue weighted by atomic mass is 10.0. The zero-order valence-corrected chi connectivity index (χ0v) is 10.1. The average Bonchev–Trinajstić information content (AvgIpc) is 2.29. The number of hydrogen-bond donors (Lipinski definition) is 2. The van der Waals surface area contributed by atoms with Gasteiger partial charge in [-0.3, -0.25) is 0 Å². The van der Waals surface area contributed by atoms with Gasteiger partial charge >= 0.3 is 5.97 Å². The summed E-state index contributed by atoms with van der Waals surface area (Å²) in [6, 6.07) is 6.78. The first-order chi connectivity index (χ1) is 8.00. The van der Waals surface area contributed by atoms with Crippen LogP contribution in [-0.2, 0) is 0 Å². The molecule has 2 atom stereocenters. The molecule has 17 heavy (non-hydrogen) atoms. The van der Waals surface area contributed by atoms with Crippen LogP contribution in [0, 0.1) is 5.92 Å². The summed E-state index contributed by atoms with van der Waals surface area (Å²) in [5.74, 6) is -0.716. The highest BCUT2D eigenvalue weighted by molar-refractivity contribution is 5.88. The summed E-state index contributed by atoms with van der Waals surface area (Å²) in [4.78, 5) is 10.8. The first-order valence-electron chi connectivity index (χ1n) is 5.68. The molecule has 92 valence electrons. The van der Waals surface area contributed by atoms with Gasteiger partial charge in [0.1, 0.15) is 0 Å². The van der Waals surface area contributed by atoms with Crippen LogP contribution in [0.2, 0.25) is 0 Å². The molecule has 0 aromatic heterocycles. The van der Waals surface area contributed by atoms with Gasteiger partial charge in [0.15, 0.2) is 0 Å². The number of aliphatic hydroxyl groups excluding tert-OH is 1. The van der Waals surface area contributed by atoms with Crippen LogP contribution >= 0.6 is 0 Å². The van der Waals surface area contributed by atoms with E-state index in [1.165, 1.54) is 0 Å². The zero-order chi connectivity index (χ0) is 12.8. The van der Waals surface area contributed by atoms with Crippen LogP contribution in [0.15, 0.2) is 30.3 Å². The molecule has 0 fully saturated rings. The molecule has 0 spiro atoms. The summed E-state index contributed by atoms with van der Waals surface area (Å²) in [7, 11) is 0. The van der Waals surface area contributed by atoms with Crippen molar-refractivity contribution in [2.75, 3.05) is 0 Å². The van der Waals surface area contributed by atoms with Gasteiger partial charge in [-0.25, -0.2) is 4.79 Å². The number of aliphatic hydroxyl groups is 1. The van der Waals surface area contributed by atoms with Gasteiger partial charge < -0.3 is 10.2 Å². The summed E-state index contributed by atoms with van der Waals surface area (Å²) < 4.78 is 0. The molecule has 0 aliphatic carbocycles. The second-order valence-electron chi connectivity index (χ2n) is 4.29. The van der Waals surface area contributed by atoms with Crippen LogP contribution in [0.25, 0.3) is 6.08 Å². The number of hydrogen-bond acceptors (Lipinski definition) is 2. The molecule has 0 amide bonds. The minimum absolute atomic E-state index is 0.203. The van der Waals surface area contributed by atoms with E-state index in [4.69, 9.17) is 5.11 Å². The Labute approximate surface area is 101 Å². The van der Waals surface area contributed by atoms with Crippen molar-refractivity contribution in [3.63, 3.8) is 0 Å². The molecule has 0 aliphatic rings. The molecule has 0 radical (unpaired) electrons. The van der Waals surface area contributed by atoms with Gasteiger partial charge in [0.2, 0.25) is 0 Å². The van der Waals surface area contributed by atoms with Crippen LogP contribution in [-0.4, -0.2) is 22.3 Å². The van der Waals surface area contributed by atoms with Crippen LogP contribution in [0.5, 0.6) is 0 Å². The first kappa shape index (κ1) is 13.5. The van der Waals surface area contributed by atoms with Crippen molar-refractivity contribution in [3.05, 3.63) is 41.5 Å². The molecule has 1 rings (SSSR count). The van der Waals surface area contributed by atoms with E-state index < -0.39 is 5.97 Å². The molecule has 0 bridgehead atoms. The van der Waals surface area contributed by atoms with Gasteiger partial charge in [-0.15, -0.1) is 0 Å².